The molecule has 1 rings (SSSR count). The van der Waals surface area contributed by atoms with E-state index in [0.717, 1.165) is 19.3 Å². The van der Waals surface area contributed by atoms with Crippen molar-refractivity contribution in [1.29, 1.82) is 0 Å². The van der Waals surface area contributed by atoms with Gasteiger partial charge in [0.05, 0.1) is 6.61 Å². The minimum absolute atomic E-state index is 0.0912. The van der Waals surface area contributed by atoms with Crippen molar-refractivity contribution in [3.05, 3.63) is 17.1 Å². The van der Waals surface area contributed by atoms with Gasteiger partial charge in [-0.1, -0.05) is 39.0 Å². The summed E-state index contributed by atoms with van der Waals surface area (Å²) in [6.45, 7) is 5.51. The summed E-state index contributed by atoms with van der Waals surface area (Å²) in [6.07, 6.45) is 6.64. The van der Waals surface area contributed by atoms with E-state index in [-0.39, 0.29) is 11.5 Å². The number of aryl methyl sites for hydroxylation is 2. The summed E-state index contributed by atoms with van der Waals surface area (Å²) < 4.78 is 32.5. The van der Waals surface area contributed by atoms with Gasteiger partial charge in [0.15, 0.2) is 0 Å². The first-order chi connectivity index (χ1) is 9.94. The number of aliphatic hydroxyl groups is 1. The van der Waals surface area contributed by atoms with Crippen molar-refractivity contribution in [3.63, 3.8) is 0 Å². The fourth-order valence-corrected chi connectivity index (χ4v) is 3.94. The van der Waals surface area contributed by atoms with Crippen molar-refractivity contribution in [1.82, 2.24) is 4.72 Å². The van der Waals surface area contributed by atoms with Crippen molar-refractivity contribution in [2.75, 3.05) is 6.54 Å². The van der Waals surface area contributed by atoms with Crippen molar-refractivity contribution >= 4 is 10.0 Å². The summed E-state index contributed by atoms with van der Waals surface area (Å²) in [5, 5.41) is 9.32. The molecule has 0 aliphatic carbocycles. The lowest BCUT2D eigenvalue weighted by Gasteiger charge is -2.07. The molecular weight excluding hydrogens is 290 g/mol. The fraction of sp³-hybridized carbons (Fsp3) is 0.733. The molecule has 0 aliphatic heterocycles. The Hall–Kier alpha value is -0.850. The van der Waals surface area contributed by atoms with Crippen LogP contribution >= 0.6 is 0 Å². The minimum atomic E-state index is -3.61. The molecule has 21 heavy (non-hydrogen) atoms. The predicted molar refractivity (Wildman–Crippen MR) is 82.7 cm³/mol. The van der Waals surface area contributed by atoms with Crippen LogP contribution in [0, 0.1) is 13.8 Å². The highest BCUT2D eigenvalue weighted by atomic mass is 32.2. The van der Waals surface area contributed by atoms with Crippen LogP contribution in [-0.2, 0) is 16.6 Å². The number of rotatable bonds is 10. The Morgan fingerprint density at radius 3 is 2.29 bits per heavy atom. The van der Waals surface area contributed by atoms with Crippen LogP contribution in [0.15, 0.2) is 9.31 Å². The third kappa shape index (κ3) is 5.13. The zero-order chi connectivity index (χ0) is 15.9. The molecule has 5 nitrogen and oxygen atoms in total. The largest absolute Gasteiger partial charge is 0.465 e. The maximum atomic E-state index is 12.3. The SMILES string of the molecule is CCCCCCCCNS(=O)(=O)c1c(C)oc(C)c1CO. The number of aliphatic hydroxyl groups excluding tert-OH is 1. The van der Waals surface area contributed by atoms with E-state index in [1.165, 1.54) is 19.3 Å². The van der Waals surface area contributed by atoms with Crippen molar-refractivity contribution in [2.24, 2.45) is 0 Å². The van der Waals surface area contributed by atoms with E-state index in [1.54, 1.807) is 13.8 Å². The number of nitrogens with one attached hydrogen (secondary N) is 1. The van der Waals surface area contributed by atoms with Gasteiger partial charge < -0.3 is 9.52 Å². The molecule has 0 bridgehead atoms. The monoisotopic (exact) mass is 317 g/mol. The van der Waals surface area contributed by atoms with Crippen molar-refractivity contribution in [3.8, 4) is 0 Å². The average molecular weight is 317 g/mol. The van der Waals surface area contributed by atoms with Crippen molar-refractivity contribution in [2.45, 2.75) is 70.8 Å². The highest BCUT2D eigenvalue weighted by molar-refractivity contribution is 7.89. The molecule has 6 heteroatoms. The second kappa shape index (κ2) is 8.56. The van der Waals surface area contributed by atoms with Crippen LogP contribution in [0.3, 0.4) is 0 Å². The molecular formula is C15H27NO4S. The molecule has 0 amide bonds. The van der Waals surface area contributed by atoms with Crippen LogP contribution in [-0.4, -0.2) is 20.1 Å². The van der Waals surface area contributed by atoms with Gasteiger partial charge in [-0.25, -0.2) is 13.1 Å². The molecule has 0 aromatic carbocycles. The smallest absolute Gasteiger partial charge is 0.244 e. The zero-order valence-electron chi connectivity index (χ0n) is 13.2. The lowest BCUT2D eigenvalue weighted by molar-refractivity contribution is 0.276. The maximum absolute atomic E-state index is 12.3. The highest BCUT2D eigenvalue weighted by Crippen LogP contribution is 2.26. The van der Waals surface area contributed by atoms with Crippen molar-refractivity contribution < 1.29 is 17.9 Å². The van der Waals surface area contributed by atoms with Gasteiger partial charge >= 0.3 is 0 Å². The molecule has 1 aromatic rings. The van der Waals surface area contributed by atoms with E-state index in [2.05, 4.69) is 11.6 Å². The summed E-state index contributed by atoms with van der Waals surface area (Å²) >= 11 is 0. The van der Waals surface area contributed by atoms with E-state index < -0.39 is 10.0 Å². The number of sulfonamides is 1. The van der Waals surface area contributed by atoms with Crippen LogP contribution in [0.25, 0.3) is 0 Å². The van der Waals surface area contributed by atoms with Gasteiger partial charge in [0.1, 0.15) is 16.4 Å². The average Bonchev–Trinajstić information content (AvgIpc) is 2.72. The first kappa shape index (κ1) is 18.2. The second-order valence-corrected chi connectivity index (χ2v) is 7.05. The molecule has 0 saturated carbocycles. The summed E-state index contributed by atoms with van der Waals surface area (Å²) in [5.74, 6) is 0.780. The van der Waals surface area contributed by atoms with E-state index in [9.17, 15) is 13.5 Å². The van der Waals surface area contributed by atoms with Crippen LogP contribution in [0.1, 0.15) is 62.5 Å². The molecule has 0 fully saturated rings. The molecule has 0 spiro atoms. The summed E-state index contributed by atoms with van der Waals surface area (Å²) in [6, 6.07) is 0. The standard InChI is InChI=1S/C15H27NO4S/c1-4-5-6-7-8-9-10-16-21(18,19)15-13(3)20-12(2)14(15)11-17/h16-17H,4-11H2,1-3H3. The third-order valence-corrected chi connectivity index (χ3v) is 5.23. The number of unbranched alkanes of at least 4 members (excludes halogenated alkanes) is 5. The molecule has 0 unspecified atom stereocenters. The van der Waals surface area contributed by atoms with E-state index >= 15 is 0 Å². The van der Waals surface area contributed by atoms with Gasteiger partial charge in [0.25, 0.3) is 0 Å². The van der Waals surface area contributed by atoms with Crippen LogP contribution in [0.2, 0.25) is 0 Å². The second-order valence-electron chi connectivity index (χ2n) is 5.35. The molecule has 122 valence electrons. The van der Waals surface area contributed by atoms with Crippen LogP contribution < -0.4 is 4.72 Å². The van der Waals surface area contributed by atoms with Crippen LogP contribution in [0.5, 0.6) is 0 Å². The Morgan fingerprint density at radius 1 is 1.05 bits per heavy atom. The van der Waals surface area contributed by atoms with E-state index in [0.29, 0.717) is 23.6 Å². The topological polar surface area (TPSA) is 79.5 Å². The number of hydrogen-bond acceptors (Lipinski definition) is 4. The maximum Gasteiger partial charge on any atom is 0.244 e. The summed E-state index contributed by atoms with van der Waals surface area (Å²) in [4.78, 5) is 0.0912. The number of furan rings is 1. The van der Waals surface area contributed by atoms with Gasteiger partial charge in [0.2, 0.25) is 10.0 Å². The molecule has 2 N–H and O–H groups in total. The highest BCUT2D eigenvalue weighted by Gasteiger charge is 2.25. The molecule has 0 atom stereocenters. The fourth-order valence-electron chi connectivity index (χ4n) is 2.43. The molecule has 1 aromatic heterocycles. The first-order valence-electron chi connectivity index (χ1n) is 7.63. The van der Waals surface area contributed by atoms with E-state index in [4.69, 9.17) is 4.42 Å². The first-order valence-corrected chi connectivity index (χ1v) is 9.11. The Morgan fingerprint density at radius 2 is 1.67 bits per heavy atom. The van der Waals surface area contributed by atoms with Gasteiger partial charge in [-0.05, 0) is 20.3 Å². The molecule has 1 heterocycles. The quantitative estimate of drug-likeness (QED) is 0.650. The minimum Gasteiger partial charge on any atom is -0.465 e. The Kier molecular flexibility index (Phi) is 7.42. The summed E-state index contributed by atoms with van der Waals surface area (Å²) in [7, 11) is -3.61. The Labute approximate surface area is 127 Å². The van der Waals surface area contributed by atoms with Gasteiger partial charge in [-0.3, -0.25) is 0 Å². The normalized spacial score (nSPS) is 12.0. The lowest BCUT2D eigenvalue weighted by atomic mass is 10.1. The van der Waals surface area contributed by atoms with E-state index in [1.807, 2.05) is 0 Å². The Balaban J connectivity index is 2.55. The summed E-state index contributed by atoms with van der Waals surface area (Å²) in [5.41, 5.74) is 0.350. The lowest BCUT2D eigenvalue weighted by Crippen LogP contribution is -2.26. The van der Waals surface area contributed by atoms with Gasteiger partial charge in [-0.15, -0.1) is 0 Å². The molecule has 0 aliphatic rings. The molecule has 0 saturated heterocycles. The number of hydrogen-bond donors (Lipinski definition) is 2. The van der Waals surface area contributed by atoms with Crippen LogP contribution in [0.4, 0.5) is 0 Å². The van der Waals surface area contributed by atoms with Gasteiger partial charge in [0, 0.05) is 12.1 Å². The zero-order valence-corrected chi connectivity index (χ0v) is 14.1. The third-order valence-electron chi connectivity index (χ3n) is 3.57. The Bertz CT molecular complexity index is 534. The predicted octanol–water partition coefficient (Wildman–Crippen LogP) is 3.03. The van der Waals surface area contributed by atoms with Gasteiger partial charge in [-0.2, -0.15) is 0 Å². The molecule has 0 radical (unpaired) electrons.